The highest BCUT2D eigenvalue weighted by atomic mass is 15.4. The molecule has 0 aromatic heterocycles. The first kappa shape index (κ1) is 10.9. The van der Waals surface area contributed by atoms with Crippen molar-refractivity contribution < 1.29 is 0 Å². The molecular formula is C18H13N3. The summed E-state index contributed by atoms with van der Waals surface area (Å²) in [6.45, 7) is 4.24. The lowest BCUT2D eigenvalue weighted by Gasteiger charge is -2.32. The summed E-state index contributed by atoms with van der Waals surface area (Å²) in [4.78, 5) is 9.37. The van der Waals surface area contributed by atoms with Crippen LogP contribution in [0.15, 0.2) is 72.5 Å². The van der Waals surface area contributed by atoms with Crippen LogP contribution < -0.4 is 0 Å². The van der Waals surface area contributed by atoms with Crippen LogP contribution in [0.1, 0.15) is 22.9 Å². The highest BCUT2D eigenvalue weighted by Crippen LogP contribution is 2.52. The maximum Gasteiger partial charge on any atom is 0.142 e. The molecule has 0 fully saturated rings. The van der Waals surface area contributed by atoms with Gasteiger partial charge in [0, 0.05) is 34.8 Å². The smallest absolute Gasteiger partial charge is 0.142 e. The van der Waals surface area contributed by atoms with Crippen LogP contribution in [0.3, 0.4) is 0 Å². The molecular weight excluding hydrogens is 258 g/mol. The first-order valence-electron chi connectivity index (χ1n) is 7.06. The van der Waals surface area contributed by atoms with Crippen molar-refractivity contribution in [3.63, 3.8) is 0 Å². The van der Waals surface area contributed by atoms with Gasteiger partial charge in [-0.3, -0.25) is 0 Å². The number of rotatable bonds is 1. The van der Waals surface area contributed by atoms with Crippen LogP contribution >= 0.6 is 0 Å². The van der Waals surface area contributed by atoms with Crippen LogP contribution in [0.5, 0.6) is 0 Å². The Morgan fingerprint density at radius 3 is 2.57 bits per heavy atom. The molecule has 0 amide bonds. The van der Waals surface area contributed by atoms with Gasteiger partial charge in [0.25, 0.3) is 0 Å². The maximum atomic E-state index is 4.90. The lowest BCUT2D eigenvalue weighted by Crippen LogP contribution is -2.33. The lowest BCUT2D eigenvalue weighted by atomic mass is 10.0. The van der Waals surface area contributed by atoms with Gasteiger partial charge in [-0.05, 0) is 6.07 Å². The second-order valence-corrected chi connectivity index (χ2v) is 5.47. The highest BCUT2D eigenvalue weighted by Gasteiger charge is 2.43. The third-order valence-electron chi connectivity index (χ3n) is 4.38. The molecule has 2 aromatic carbocycles. The van der Waals surface area contributed by atoms with Gasteiger partial charge in [0.2, 0.25) is 0 Å². The fraction of sp³-hybridized carbons (Fsp3) is 0.0556. The second-order valence-electron chi connectivity index (χ2n) is 5.47. The van der Waals surface area contributed by atoms with Gasteiger partial charge in [0.05, 0.1) is 5.69 Å². The average Bonchev–Trinajstić information content (AvgIpc) is 3.09. The van der Waals surface area contributed by atoms with Crippen LogP contribution in [-0.4, -0.2) is 15.6 Å². The Hall–Kier alpha value is -2.81. The minimum Gasteiger partial charge on any atom is -0.321 e. The molecule has 0 N–H and O–H groups in total. The van der Waals surface area contributed by atoms with Gasteiger partial charge >= 0.3 is 0 Å². The molecule has 0 saturated carbocycles. The topological polar surface area (TPSA) is 18.8 Å². The van der Waals surface area contributed by atoms with Gasteiger partial charge < -0.3 is 9.80 Å². The number of hydrogen-bond donors (Lipinski definition) is 0. The second kappa shape index (κ2) is 3.64. The van der Waals surface area contributed by atoms with E-state index in [1.807, 2.05) is 6.07 Å². The molecule has 5 rings (SSSR count). The zero-order chi connectivity index (χ0) is 14.0. The van der Waals surface area contributed by atoms with Crippen LogP contribution in [-0.2, 0) is 0 Å². The molecule has 100 valence electrons. The SMILES string of the molecule is C=C1c2cccc3c2C2N1C=CN2C(c1ccccc1)=N3. The van der Waals surface area contributed by atoms with E-state index in [1.165, 1.54) is 11.1 Å². The van der Waals surface area contributed by atoms with Crippen molar-refractivity contribution in [1.29, 1.82) is 0 Å². The van der Waals surface area contributed by atoms with Crippen molar-refractivity contribution in [2.75, 3.05) is 0 Å². The number of aliphatic imine (C=N–C) groups is 1. The summed E-state index contributed by atoms with van der Waals surface area (Å²) < 4.78 is 0. The van der Waals surface area contributed by atoms with Gasteiger partial charge in [-0.15, -0.1) is 0 Å². The predicted molar refractivity (Wildman–Crippen MR) is 83.7 cm³/mol. The van der Waals surface area contributed by atoms with E-state index in [0.29, 0.717) is 0 Å². The van der Waals surface area contributed by atoms with E-state index in [2.05, 4.69) is 71.2 Å². The van der Waals surface area contributed by atoms with Crippen molar-refractivity contribution in [1.82, 2.24) is 9.80 Å². The van der Waals surface area contributed by atoms with E-state index in [0.717, 1.165) is 22.8 Å². The third-order valence-corrected chi connectivity index (χ3v) is 4.38. The zero-order valence-corrected chi connectivity index (χ0v) is 11.4. The van der Waals surface area contributed by atoms with Crippen LogP contribution in [0.25, 0.3) is 5.70 Å². The normalized spacial score (nSPS) is 20.9. The molecule has 0 saturated heterocycles. The summed E-state index contributed by atoms with van der Waals surface area (Å²) in [5.41, 5.74) is 5.73. The molecule has 1 atom stereocenters. The van der Waals surface area contributed by atoms with Crippen molar-refractivity contribution in [3.8, 4) is 0 Å². The lowest BCUT2D eigenvalue weighted by molar-refractivity contribution is 0.299. The maximum absolute atomic E-state index is 4.90. The Morgan fingerprint density at radius 2 is 1.71 bits per heavy atom. The van der Waals surface area contributed by atoms with Gasteiger partial charge in [0.15, 0.2) is 0 Å². The molecule has 1 unspecified atom stereocenters. The monoisotopic (exact) mass is 271 g/mol. The molecule has 21 heavy (non-hydrogen) atoms. The minimum atomic E-state index is 0.177. The summed E-state index contributed by atoms with van der Waals surface area (Å²) in [5, 5.41) is 0. The van der Waals surface area contributed by atoms with Gasteiger partial charge in [-0.2, -0.15) is 0 Å². The standard InChI is InChI=1S/C18H13N3/c1-12-14-8-5-9-15-16(14)18-20(12)10-11-21(18)17(19-15)13-6-3-2-4-7-13/h2-11,18H,1H2. The number of hydrogen-bond acceptors (Lipinski definition) is 3. The molecule has 3 heterocycles. The summed E-state index contributed by atoms with van der Waals surface area (Å²) in [6.07, 6.45) is 4.37. The van der Waals surface area contributed by atoms with E-state index < -0.39 is 0 Å². The molecule has 2 aromatic rings. The Balaban J connectivity index is 1.79. The van der Waals surface area contributed by atoms with Crippen molar-refractivity contribution in [2.24, 2.45) is 4.99 Å². The quantitative estimate of drug-likeness (QED) is 0.784. The largest absolute Gasteiger partial charge is 0.321 e. The number of nitrogens with zero attached hydrogens (tertiary/aromatic N) is 3. The molecule has 3 heteroatoms. The molecule has 0 radical (unpaired) electrons. The third kappa shape index (κ3) is 1.26. The summed E-state index contributed by atoms with van der Waals surface area (Å²) in [5.74, 6) is 0.999. The Morgan fingerprint density at radius 1 is 0.905 bits per heavy atom. The first-order chi connectivity index (χ1) is 10.3. The molecule has 0 spiro atoms. The first-order valence-corrected chi connectivity index (χ1v) is 7.06. The fourth-order valence-corrected chi connectivity index (χ4v) is 3.43. The molecule has 3 nitrogen and oxygen atoms in total. The van der Waals surface area contributed by atoms with E-state index in [4.69, 9.17) is 4.99 Å². The highest BCUT2D eigenvalue weighted by molar-refractivity contribution is 6.03. The van der Waals surface area contributed by atoms with E-state index in [9.17, 15) is 0 Å². The van der Waals surface area contributed by atoms with Gasteiger partial charge in [0.1, 0.15) is 12.0 Å². The van der Waals surface area contributed by atoms with Crippen LogP contribution in [0, 0.1) is 0 Å². The van der Waals surface area contributed by atoms with Gasteiger partial charge in [-0.1, -0.05) is 49.0 Å². The van der Waals surface area contributed by atoms with E-state index >= 15 is 0 Å². The predicted octanol–water partition coefficient (Wildman–Crippen LogP) is 3.85. The molecule has 3 aliphatic heterocycles. The summed E-state index contributed by atoms with van der Waals surface area (Å²) in [6, 6.07) is 16.6. The van der Waals surface area contributed by atoms with Crippen molar-refractivity contribution in [2.45, 2.75) is 6.17 Å². The zero-order valence-electron chi connectivity index (χ0n) is 11.4. The Kier molecular flexibility index (Phi) is 1.89. The minimum absolute atomic E-state index is 0.177. The molecule has 3 aliphatic rings. The summed E-state index contributed by atoms with van der Waals surface area (Å²) in [7, 11) is 0. The van der Waals surface area contributed by atoms with Crippen LogP contribution in [0.2, 0.25) is 0 Å². The average molecular weight is 271 g/mol. The van der Waals surface area contributed by atoms with Crippen molar-refractivity contribution in [3.05, 3.63) is 84.2 Å². The van der Waals surface area contributed by atoms with Crippen molar-refractivity contribution >= 4 is 17.2 Å². The Labute approximate surface area is 123 Å². The Bertz CT molecular complexity index is 833. The van der Waals surface area contributed by atoms with E-state index in [-0.39, 0.29) is 6.17 Å². The molecule has 0 aliphatic carbocycles. The summed E-state index contributed by atoms with van der Waals surface area (Å²) >= 11 is 0. The number of amidine groups is 1. The fourth-order valence-electron chi connectivity index (χ4n) is 3.43. The number of benzene rings is 2. The van der Waals surface area contributed by atoms with E-state index in [1.54, 1.807) is 0 Å². The molecule has 0 bridgehead atoms. The van der Waals surface area contributed by atoms with Crippen LogP contribution in [0.4, 0.5) is 5.69 Å². The van der Waals surface area contributed by atoms with Gasteiger partial charge in [-0.25, -0.2) is 4.99 Å².